The molecular weight excluding hydrogens is 251 g/mol. The van der Waals surface area contributed by atoms with Gasteiger partial charge in [-0.1, -0.05) is 0 Å². The monoisotopic (exact) mass is 260 g/mol. The minimum Gasteiger partial charge on any atom is -0.277 e. The third-order valence-corrected chi connectivity index (χ3v) is 4.22. The van der Waals surface area contributed by atoms with Crippen LogP contribution in [0.1, 0.15) is 12.8 Å². The van der Waals surface area contributed by atoms with Crippen LogP contribution in [0.5, 0.6) is 0 Å². The van der Waals surface area contributed by atoms with Crippen molar-refractivity contribution in [3.63, 3.8) is 0 Å². The van der Waals surface area contributed by atoms with Crippen LogP contribution in [-0.2, 0) is 10.0 Å². The van der Waals surface area contributed by atoms with E-state index >= 15 is 0 Å². The first kappa shape index (κ1) is 11.8. The van der Waals surface area contributed by atoms with Gasteiger partial charge in [0.05, 0.1) is 10.2 Å². The van der Waals surface area contributed by atoms with Crippen molar-refractivity contribution >= 4 is 21.4 Å². The first-order valence-electron chi connectivity index (χ1n) is 4.86. The molecule has 0 spiro atoms. The number of hydrogen-bond donors (Lipinski definition) is 1. The van der Waals surface area contributed by atoms with Crippen LogP contribution in [0.15, 0.2) is 18.2 Å². The maximum absolute atomic E-state index is 12.9. The number of nitrogens with zero attached hydrogens (tertiary/aromatic N) is 1. The van der Waals surface area contributed by atoms with Crippen LogP contribution in [0, 0.1) is 15.9 Å². The van der Waals surface area contributed by atoms with Gasteiger partial charge < -0.3 is 0 Å². The van der Waals surface area contributed by atoms with Crippen molar-refractivity contribution in [2.24, 2.45) is 0 Å². The lowest BCUT2D eigenvalue weighted by molar-refractivity contribution is -0.383. The van der Waals surface area contributed by atoms with Crippen molar-refractivity contribution in [3.05, 3.63) is 34.1 Å². The van der Waals surface area contributed by atoms with E-state index in [1.165, 1.54) is 0 Å². The molecule has 0 amide bonds. The smallest absolute Gasteiger partial charge is 0.277 e. The van der Waals surface area contributed by atoms with E-state index in [9.17, 15) is 22.9 Å². The fraction of sp³-hybridized carbons (Fsp3) is 0.333. The van der Waals surface area contributed by atoms with Crippen LogP contribution in [0.3, 0.4) is 0 Å². The van der Waals surface area contributed by atoms with E-state index in [2.05, 4.69) is 4.72 Å². The number of nitrogens with one attached hydrogen (secondary N) is 1. The largest absolute Gasteiger partial charge is 0.293 e. The van der Waals surface area contributed by atoms with E-state index < -0.39 is 31.7 Å². The summed E-state index contributed by atoms with van der Waals surface area (Å²) in [6.07, 6.45) is 1.05. The fourth-order valence-corrected chi connectivity index (χ4v) is 2.76. The quantitative estimate of drug-likeness (QED) is 0.658. The van der Waals surface area contributed by atoms with Crippen LogP contribution < -0.4 is 4.72 Å². The number of anilines is 1. The first-order valence-corrected chi connectivity index (χ1v) is 6.40. The van der Waals surface area contributed by atoms with Crippen LogP contribution in [0.4, 0.5) is 15.8 Å². The summed E-state index contributed by atoms with van der Waals surface area (Å²) in [5.41, 5.74) is -0.794. The molecule has 0 aliphatic heterocycles. The lowest BCUT2D eigenvalue weighted by Gasteiger charge is -2.07. The summed E-state index contributed by atoms with van der Waals surface area (Å²) >= 11 is 0. The Morgan fingerprint density at radius 2 is 2.06 bits per heavy atom. The van der Waals surface area contributed by atoms with Gasteiger partial charge in [-0.2, -0.15) is 0 Å². The molecule has 0 radical (unpaired) electrons. The maximum atomic E-state index is 12.9. The topological polar surface area (TPSA) is 89.3 Å². The van der Waals surface area contributed by atoms with Gasteiger partial charge in [0.2, 0.25) is 10.0 Å². The van der Waals surface area contributed by atoms with E-state index in [4.69, 9.17) is 0 Å². The van der Waals surface area contributed by atoms with Crippen LogP contribution in [-0.4, -0.2) is 18.6 Å². The predicted molar refractivity (Wildman–Crippen MR) is 58.6 cm³/mol. The third-order valence-electron chi connectivity index (χ3n) is 2.37. The zero-order valence-electron chi connectivity index (χ0n) is 8.59. The fourth-order valence-electron chi connectivity index (χ4n) is 1.36. The van der Waals surface area contributed by atoms with Crippen molar-refractivity contribution in [2.75, 3.05) is 4.72 Å². The second kappa shape index (κ2) is 3.95. The lowest BCUT2D eigenvalue weighted by atomic mass is 10.3. The molecule has 17 heavy (non-hydrogen) atoms. The number of nitro benzene ring substituents is 1. The van der Waals surface area contributed by atoms with Crippen molar-refractivity contribution < 1.29 is 17.7 Å². The molecule has 1 fully saturated rings. The average molecular weight is 260 g/mol. The van der Waals surface area contributed by atoms with E-state index in [0.29, 0.717) is 12.8 Å². The molecular formula is C9H9FN2O4S. The summed E-state index contributed by atoms with van der Waals surface area (Å²) in [7, 11) is -3.63. The molecule has 0 heterocycles. The van der Waals surface area contributed by atoms with E-state index in [1.54, 1.807) is 0 Å². The highest BCUT2D eigenvalue weighted by Crippen LogP contribution is 2.32. The summed E-state index contributed by atoms with van der Waals surface area (Å²) in [5, 5.41) is 10.1. The zero-order valence-corrected chi connectivity index (χ0v) is 9.41. The molecule has 1 aliphatic carbocycles. The number of nitro groups is 1. The van der Waals surface area contributed by atoms with Crippen molar-refractivity contribution in [2.45, 2.75) is 18.1 Å². The Bertz CT molecular complexity index is 568. The SMILES string of the molecule is O=[N+]([O-])c1ccc(F)cc1NS(=O)(=O)C1CC1. The summed E-state index contributed by atoms with van der Waals surface area (Å²) < 4.78 is 38.2. The molecule has 0 atom stereocenters. The average Bonchev–Trinajstić information content (AvgIpc) is 2.99. The minimum atomic E-state index is -3.63. The standard InChI is InChI=1S/C9H9FN2O4S/c10-6-1-4-9(12(13)14)8(5-6)11-17(15,16)7-2-3-7/h1,4-5,7,11H,2-3H2. The summed E-state index contributed by atoms with van der Waals surface area (Å²) in [6.45, 7) is 0. The number of benzene rings is 1. The van der Waals surface area contributed by atoms with Crippen LogP contribution in [0.2, 0.25) is 0 Å². The van der Waals surface area contributed by atoms with Crippen LogP contribution in [0.25, 0.3) is 0 Å². The number of halogens is 1. The minimum absolute atomic E-state index is 0.332. The summed E-state index contributed by atoms with van der Waals surface area (Å²) in [4.78, 5) is 9.89. The van der Waals surface area contributed by atoms with Gasteiger partial charge in [-0.25, -0.2) is 12.8 Å². The molecule has 1 aromatic rings. The highest BCUT2D eigenvalue weighted by atomic mass is 32.2. The first-order chi connectivity index (χ1) is 7.90. The van der Waals surface area contributed by atoms with Gasteiger partial charge in [-0.15, -0.1) is 0 Å². The number of sulfonamides is 1. The van der Waals surface area contributed by atoms with Crippen molar-refractivity contribution in [3.8, 4) is 0 Å². The molecule has 6 nitrogen and oxygen atoms in total. The lowest BCUT2D eigenvalue weighted by Crippen LogP contribution is -2.18. The molecule has 2 rings (SSSR count). The van der Waals surface area contributed by atoms with Crippen molar-refractivity contribution in [1.82, 2.24) is 0 Å². The van der Waals surface area contributed by atoms with Gasteiger partial charge >= 0.3 is 0 Å². The normalized spacial score (nSPS) is 15.6. The van der Waals surface area contributed by atoms with E-state index in [-0.39, 0.29) is 5.69 Å². The molecule has 0 aromatic heterocycles. The molecule has 1 N–H and O–H groups in total. The Balaban J connectivity index is 2.37. The van der Waals surface area contributed by atoms with Crippen LogP contribution >= 0.6 is 0 Å². The van der Waals surface area contributed by atoms with Gasteiger partial charge in [0, 0.05) is 12.1 Å². The Hall–Kier alpha value is -1.70. The highest BCUT2D eigenvalue weighted by Gasteiger charge is 2.36. The summed E-state index contributed by atoms with van der Waals surface area (Å²) in [5.74, 6) is -0.732. The second-order valence-electron chi connectivity index (χ2n) is 3.77. The molecule has 1 saturated carbocycles. The van der Waals surface area contributed by atoms with Gasteiger partial charge in [-0.3, -0.25) is 14.8 Å². The molecule has 1 aromatic carbocycles. The van der Waals surface area contributed by atoms with Gasteiger partial charge in [0.1, 0.15) is 11.5 Å². The zero-order chi connectivity index (χ0) is 12.6. The highest BCUT2D eigenvalue weighted by molar-refractivity contribution is 7.93. The summed E-state index contributed by atoms with van der Waals surface area (Å²) in [6, 6.07) is 2.64. The number of hydrogen-bond acceptors (Lipinski definition) is 4. The molecule has 0 unspecified atom stereocenters. The maximum Gasteiger partial charge on any atom is 0.293 e. The molecule has 0 saturated heterocycles. The van der Waals surface area contributed by atoms with Crippen molar-refractivity contribution in [1.29, 1.82) is 0 Å². The third kappa shape index (κ3) is 2.52. The van der Waals surface area contributed by atoms with Gasteiger partial charge in [0.15, 0.2) is 0 Å². The van der Waals surface area contributed by atoms with Gasteiger partial charge in [0.25, 0.3) is 5.69 Å². The second-order valence-corrected chi connectivity index (χ2v) is 5.73. The Kier molecular flexibility index (Phi) is 2.74. The van der Waals surface area contributed by atoms with E-state index in [1.807, 2.05) is 0 Å². The molecule has 0 bridgehead atoms. The molecule has 92 valence electrons. The molecule has 8 heteroatoms. The van der Waals surface area contributed by atoms with Gasteiger partial charge in [-0.05, 0) is 18.9 Å². The Morgan fingerprint density at radius 3 is 2.59 bits per heavy atom. The predicted octanol–water partition coefficient (Wildman–Crippen LogP) is 1.64. The van der Waals surface area contributed by atoms with E-state index in [0.717, 1.165) is 18.2 Å². The number of rotatable bonds is 4. The molecule has 1 aliphatic rings. The Morgan fingerprint density at radius 1 is 1.41 bits per heavy atom. The Labute approximate surface area is 96.6 Å².